The van der Waals surface area contributed by atoms with Gasteiger partial charge in [0.25, 0.3) is 0 Å². The Hall–Kier alpha value is -1.71. The van der Waals surface area contributed by atoms with Gasteiger partial charge in [-0.3, -0.25) is 4.90 Å². The molecule has 1 spiro atoms. The van der Waals surface area contributed by atoms with Gasteiger partial charge in [-0.1, -0.05) is 0 Å². The molecule has 1 saturated heterocycles. The first-order valence-corrected chi connectivity index (χ1v) is 5.65. The standard InChI is InChI=1S/C12H15N3O/c13-9-1-3-10(4-2-9)15-11(16)14-8-7-12(15)5-6-12/h1-4H,5-8,13H2,(H,14,16). The van der Waals surface area contributed by atoms with Crippen LogP contribution in [0.4, 0.5) is 16.2 Å². The van der Waals surface area contributed by atoms with E-state index in [4.69, 9.17) is 5.73 Å². The molecule has 0 atom stereocenters. The summed E-state index contributed by atoms with van der Waals surface area (Å²) < 4.78 is 0. The van der Waals surface area contributed by atoms with Gasteiger partial charge >= 0.3 is 6.03 Å². The van der Waals surface area contributed by atoms with E-state index in [-0.39, 0.29) is 11.6 Å². The van der Waals surface area contributed by atoms with Crippen LogP contribution in [-0.2, 0) is 0 Å². The smallest absolute Gasteiger partial charge is 0.322 e. The molecule has 0 radical (unpaired) electrons. The van der Waals surface area contributed by atoms with Crippen LogP contribution in [0.25, 0.3) is 0 Å². The Morgan fingerprint density at radius 2 is 1.88 bits per heavy atom. The van der Waals surface area contributed by atoms with E-state index in [2.05, 4.69) is 5.32 Å². The fourth-order valence-corrected chi connectivity index (χ4v) is 2.44. The molecule has 4 heteroatoms. The highest BCUT2D eigenvalue weighted by Gasteiger charge is 2.52. The van der Waals surface area contributed by atoms with Crippen molar-refractivity contribution < 1.29 is 4.79 Å². The molecule has 0 bridgehead atoms. The summed E-state index contributed by atoms with van der Waals surface area (Å²) >= 11 is 0. The minimum atomic E-state index is 0.0218. The molecule has 2 amide bonds. The Morgan fingerprint density at radius 3 is 2.50 bits per heavy atom. The minimum absolute atomic E-state index is 0.0218. The lowest BCUT2D eigenvalue weighted by molar-refractivity contribution is 0.236. The van der Waals surface area contributed by atoms with E-state index in [1.165, 1.54) is 0 Å². The molecule has 1 aliphatic carbocycles. The zero-order valence-corrected chi connectivity index (χ0v) is 9.07. The van der Waals surface area contributed by atoms with E-state index in [0.29, 0.717) is 0 Å². The highest BCUT2D eigenvalue weighted by molar-refractivity contribution is 5.95. The quantitative estimate of drug-likeness (QED) is 0.704. The Bertz CT molecular complexity index is 422. The van der Waals surface area contributed by atoms with Gasteiger partial charge in [0, 0.05) is 17.9 Å². The van der Waals surface area contributed by atoms with Crippen molar-refractivity contribution in [2.75, 3.05) is 17.2 Å². The number of hydrogen-bond acceptors (Lipinski definition) is 2. The summed E-state index contributed by atoms with van der Waals surface area (Å²) in [6, 6.07) is 7.54. The highest BCUT2D eigenvalue weighted by atomic mass is 16.2. The molecular formula is C12H15N3O. The molecule has 4 nitrogen and oxygen atoms in total. The van der Waals surface area contributed by atoms with E-state index in [9.17, 15) is 4.79 Å². The van der Waals surface area contributed by atoms with Crippen LogP contribution in [0.1, 0.15) is 19.3 Å². The lowest BCUT2D eigenvalue weighted by Gasteiger charge is -2.36. The normalized spacial score (nSPS) is 22.0. The first kappa shape index (κ1) is 9.51. The van der Waals surface area contributed by atoms with Crippen molar-refractivity contribution in [1.82, 2.24) is 5.32 Å². The maximum atomic E-state index is 11.9. The van der Waals surface area contributed by atoms with Crippen molar-refractivity contribution in [2.45, 2.75) is 24.8 Å². The number of nitrogens with zero attached hydrogens (tertiary/aromatic N) is 1. The number of hydrogen-bond donors (Lipinski definition) is 2. The van der Waals surface area contributed by atoms with E-state index >= 15 is 0 Å². The van der Waals surface area contributed by atoms with Gasteiger partial charge in [0.2, 0.25) is 0 Å². The SMILES string of the molecule is Nc1ccc(N2C(=O)NCCC23CC3)cc1. The number of nitrogen functional groups attached to an aromatic ring is 1. The second kappa shape index (κ2) is 3.14. The summed E-state index contributed by atoms with van der Waals surface area (Å²) in [5, 5.41) is 2.90. The third kappa shape index (κ3) is 1.33. The molecule has 1 aromatic carbocycles. The first-order chi connectivity index (χ1) is 7.71. The van der Waals surface area contributed by atoms with E-state index in [1.807, 2.05) is 29.2 Å². The van der Waals surface area contributed by atoms with Crippen LogP contribution in [0, 0.1) is 0 Å². The third-order valence-corrected chi connectivity index (χ3v) is 3.52. The number of carbonyl (C=O) groups excluding carboxylic acids is 1. The number of anilines is 2. The van der Waals surface area contributed by atoms with Crippen molar-refractivity contribution in [1.29, 1.82) is 0 Å². The molecule has 1 saturated carbocycles. The number of rotatable bonds is 1. The van der Waals surface area contributed by atoms with Gasteiger partial charge in [-0.25, -0.2) is 4.79 Å². The average molecular weight is 217 g/mol. The lowest BCUT2D eigenvalue weighted by Crippen LogP contribution is -2.54. The van der Waals surface area contributed by atoms with Crippen molar-refractivity contribution >= 4 is 17.4 Å². The molecule has 1 heterocycles. The van der Waals surface area contributed by atoms with Crippen molar-refractivity contribution in [3.05, 3.63) is 24.3 Å². The van der Waals surface area contributed by atoms with Crippen molar-refractivity contribution in [3.63, 3.8) is 0 Å². The summed E-state index contributed by atoms with van der Waals surface area (Å²) in [4.78, 5) is 13.8. The number of benzene rings is 1. The van der Waals surface area contributed by atoms with Gasteiger partial charge in [-0.15, -0.1) is 0 Å². The monoisotopic (exact) mass is 217 g/mol. The predicted octanol–water partition coefficient (Wildman–Crippen LogP) is 1.72. The van der Waals surface area contributed by atoms with Gasteiger partial charge in [0.05, 0.1) is 5.54 Å². The first-order valence-electron chi connectivity index (χ1n) is 5.65. The highest BCUT2D eigenvalue weighted by Crippen LogP contribution is 2.48. The maximum absolute atomic E-state index is 11.9. The molecule has 2 fully saturated rings. The molecule has 3 N–H and O–H groups in total. The topological polar surface area (TPSA) is 58.4 Å². The molecule has 1 aliphatic heterocycles. The zero-order chi connectivity index (χ0) is 11.2. The Balaban J connectivity index is 1.97. The van der Waals surface area contributed by atoms with Crippen LogP contribution in [0.3, 0.4) is 0 Å². The predicted molar refractivity (Wildman–Crippen MR) is 63.3 cm³/mol. The maximum Gasteiger partial charge on any atom is 0.322 e. The molecule has 84 valence electrons. The number of nitrogens with two attached hydrogens (primary N) is 1. The summed E-state index contributed by atoms with van der Waals surface area (Å²) in [6.07, 6.45) is 3.28. The van der Waals surface area contributed by atoms with E-state index in [1.54, 1.807) is 0 Å². The third-order valence-electron chi connectivity index (χ3n) is 3.52. The fraction of sp³-hybridized carbons (Fsp3) is 0.417. The van der Waals surface area contributed by atoms with Crippen LogP contribution in [0.15, 0.2) is 24.3 Å². The minimum Gasteiger partial charge on any atom is -0.399 e. The van der Waals surface area contributed by atoms with E-state index in [0.717, 1.165) is 37.2 Å². The fourth-order valence-electron chi connectivity index (χ4n) is 2.44. The van der Waals surface area contributed by atoms with Gasteiger partial charge in [-0.2, -0.15) is 0 Å². The Labute approximate surface area is 94.4 Å². The molecule has 2 aliphatic rings. The van der Waals surface area contributed by atoms with Crippen LogP contribution < -0.4 is 16.0 Å². The summed E-state index contributed by atoms with van der Waals surface area (Å²) in [7, 11) is 0. The second-order valence-corrected chi connectivity index (χ2v) is 4.63. The van der Waals surface area contributed by atoms with Crippen LogP contribution in [0.5, 0.6) is 0 Å². The van der Waals surface area contributed by atoms with Crippen LogP contribution in [-0.4, -0.2) is 18.1 Å². The Morgan fingerprint density at radius 1 is 1.19 bits per heavy atom. The van der Waals surface area contributed by atoms with Crippen LogP contribution in [0.2, 0.25) is 0 Å². The zero-order valence-electron chi connectivity index (χ0n) is 9.07. The molecular weight excluding hydrogens is 202 g/mol. The van der Waals surface area contributed by atoms with E-state index < -0.39 is 0 Å². The summed E-state index contributed by atoms with van der Waals surface area (Å²) in [5.74, 6) is 0. The molecule has 16 heavy (non-hydrogen) atoms. The number of urea groups is 1. The Kier molecular flexibility index (Phi) is 1.87. The number of nitrogens with one attached hydrogen (secondary N) is 1. The molecule has 0 unspecified atom stereocenters. The number of amides is 2. The van der Waals surface area contributed by atoms with Crippen molar-refractivity contribution in [2.24, 2.45) is 0 Å². The molecule has 3 rings (SSSR count). The molecule has 0 aromatic heterocycles. The average Bonchev–Trinajstić information content (AvgIpc) is 3.01. The summed E-state index contributed by atoms with van der Waals surface area (Å²) in [5.41, 5.74) is 7.43. The number of carbonyl (C=O) groups is 1. The molecule has 1 aromatic rings. The summed E-state index contributed by atoms with van der Waals surface area (Å²) in [6.45, 7) is 0.796. The van der Waals surface area contributed by atoms with Gasteiger partial charge in [0.15, 0.2) is 0 Å². The van der Waals surface area contributed by atoms with Crippen LogP contribution >= 0.6 is 0 Å². The van der Waals surface area contributed by atoms with Gasteiger partial charge < -0.3 is 11.1 Å². The lowest BCUT2D eigenvalue weighted by atomic mass is 10.1. The largest absolute Gasteiger partial charge is 0.399 e. The van der Waals surface area contributed by atoms with Crippen molar-refractivity contribution in [3.8, 4) is 0 Å². The second-order valence-electron chi connectivity index (χ2n) is 4.63. The van der Waals surface area contributed by atoms with Gasteiger partial charge in [0.1, 0.15) is 0 Å². The van der Waals surface area contributed by atoms with Gasteiger partial charge in [-0.05, 0) is 43.5 Å².